The van der Waals surface area contributed by atoms with Gasteiger partial charge in [-0.15, -0.1) is 0 Å². The Bertz CT molecular complexity index is 4240. The van der Waals surface area contributed by atoms with Gasteiger partial charge in [-0.05, 0) is 150 Å². The van der Waals surface area contributed by atoms with Gasteiger partial charge in [0.1, 0.15) is 24.0 Å². The smallest absolute Gasteiger partial charge is 0.137 e. The van der Waals surface area contributed by atoms with Gasteiger partial charge in [0.25, 0.3) is 0 Å². The van der Waals surface area contributed by atoms with Gasteiger partial charge < -0.3 is 14.5 Å². The summed E-state index contributed by atoms with van der Waals surface area (Å²) in [6, 6.07) is 78.8. The zero-order chi connectivity index (χ0) is 59.7. The average Bonchev–Trinajstić information content (AvgIpc) is 1.71. The van der Waals surface area contributed by atoms with E-state index in [9.17, 15) is 0 Å². The Morgan fingerprint density at radius 2 is 0.988 bits per heavy atom. The third-order valence-electron chi connectivity index (χ3n) is 18.1. The van der Waals surface area contributed by atoms with E-state index in [1.165, 1.54) is 77.5 Å². The van der Waals surface area contributed by atoms with Crippen molar-refractivity contribution >= 4 is 44.6 Å². The zero-order valence-corrected chi connectivity index (χ0v) is 52.3. The lowest BCUT2D eigenvalue weighted by Gasteiger charge is -2.30. The third-order valence-corrected chi connectivity index (χ3v) is 18.1. The zero-order valence-electron chi connectivity index (χ0n) is 52.3. The monoisotopic (exact) mass is 1110 g/mol. The number of nitrogens with zero attached hydrogens (tertiary/aromatic N) is 4. The lowest BCUT2D eigenvalue weighted by atomic mass is 9.76. The summed E-state index contributed by atoms with van der Waals surface area (Å²) in [5.41, 5.74) is 20.7. The number of fused-ring (bicyclic) bond motifs is 4. The molecule has 0 aliphatic carbocycles. The normalized spacial score (nSPS) is 13.2. The maximum Gasteiger partial charge on any atom is 0.137 e. The Morgan fingerprint density at radius 1 is 0.412 bits per heavy atom. The minimum Gasteiger partial charge on any atom is -0.457 e. The molecule has 0 fully saturated rings. The standard InChI is InChI=1S/C80H82N4O/c1-52(2)66-34-26-35-67(53(3)4)75(66)55-37-38-71-72(43-55)83(51-82(71)62-42-56(54-27-18-15-19-28-54)41-61(45-62)79(11,12)57-29-20-16-21-30-57)63-44-60(78(8,9)10)46-64(48-63)85-65-49-69(80(13,14)58-31-22-17-23-32-58)76-68-33-24-25-36-70(68)84(73(76)50-65)74-47-59(39-40-81-74)77(5,6)7/h15-50,52-53H,51H2,1-14H3. The average molecular weight is 1120 g/mol. The highest BCUT2D eigenvalue weighted by molar-refractivity contribution is 6.12. The number of aromatic nitrogens is 2. The van der Waals surface area contributed by atoms with E-state index in [0.717, 1.165) is 51.1 Å². The summed E-state index contributed by atoms with van der Waals surface area (Å²) in [6.45, 7) is 33.0. The van der Waals surface area contributed by atoms with Gasteiger partial charge in [-0.2, -0.15) is 0 Å². The molecule has 12 rings (SSSR count). The molecule has 0 saturated heterocycles. The lowest BCUT2D eigenvalue weighted by Crippen LogP contribution is -2.25. The predicted molar refractivity (Wildman–Crippen MR) is 361 cm³/mol. The lowest BCUT2D eigenvalue weighted by molar-refractivity contribution is 0.477. The van der Waals surface area contributed by atoms with Gasteiger partial charge in [-0.3, -0.25) is 4.57 Å². The van der Waals surface area contributed by atoms with E-state index in [1.54, 1.807) is 0 Å². The van der Waals surface area contributed by atoms with E-state index in [4.69, 9.17) is 9.72 Å². The number of anilines is 4. The van der Waals surface area contributed by atoms with Crippen molar-refractivity contribution in [1.29, 1.82) is 0 Å². The SMILES string of the molecule is CC(C)c1cccc(C(C)C)c1-c1ccc2c(c1)N(c1cc(Oc3cc(C(C)(C)c4ccccc4)c4c5ccccc5n(-c5cc(C(C)(C)C)ccn5)c4c3)cc(C(C)(C)C)c1)CN2c1cc(-c2ccccc2)cc(C(C)(C)c2ccccc2)c1. The van der Waals surface area contributed by atoms with Crippen molar-refractivity contribution in [2.45, 2.75) is 130 Å². The molecule has 1 aliphatic rings. The van der Waals surface area contributed by atoms with Crippen molar-refractivity contribution in [2.24, 2.45) is 0 Å². The van der Waals surface area contributed by atoms with Crippen LogP contribution in [-0.2, 0) is 21.7 Å². The summed E-state index contributed by atoms with van der Waals surface area (Å²) < 4.78 is 9.87. The molecule has 0 atom stereocenters. The first-order valence-corrected chi connectivity index (χ1v) is 30.6. The summed E-state index contributed by atoms with van der Waals surface area (Å²) in [7, 11) is 0. The second kappa shape index (κ2) is 21.8. The van der Waals surface area contributed by atoms with E-state index in [1.807, 2.05) is 6.20 Å². The van der Waals surface area contributed by atoms with Crippen LogP contribution in [0.5, 0.6) is 11.5 Å². The van der Waals surface area contributed by atoms with Gasteiger partial charge in [0, 0.05) is 51.3 Å². The third kappa shape index (κ3) is 10.6. The van der Waals surface area contributed by atoms with E-state index in [0.29, 0.717) is 18.5 Å². The molecule has 0 unspecified atom stereocenters. The van der Waals surface area contributed by atoms with Crippen molar-refractivity contribution in [2.75, 3.05) is 16.5 Å². The molecule has 428 valence electrons. The van der Waals surface area contributed by atoms with Gasteiger partial charge in [-0.25, -0.2) is 4.98 Å². The van der Waals surface area contributed by atoms with Gasteiger partial charge in [0.15, 0.2) is 0 Å². The van der Waals surface area contributed by atoms with Crippen LogP contribution < -0.4 is 14.5 Å². The fourth-order valence-corrected chi connectivity index (χ4v) is 12.9. The van der Waals surface area contributed by atoms with E-state index in [2.05, 4.69) is 324 Å². The largest absolute Gasteiger partial charge is 0.457 e. The van der Waals surface area contributed by atoms with Gasteiger partial charge in [-0.1, -0.05) is 236 Å². The molecule has 0 bridgehead atoms. The molecule has 0 amide bonds. The number of rotatable bonds is 13. The van der Waals surface area contributed by atoms with Crippen molar-refractivity contribution in [3.8, 4) is 39.6 Å². The summed E-state index contributed by atoms with van der Waals surface area (Å²) in [5, 5.41) is 2.38. The Kier molecular flexibility index (Phi) is 14.5. The molecular weight excluding hydrogens is 1030 g/mol. The highest BCUT2D eigenvalue weighted by atomic mass is 16.5. The molecule has 1 aliphatic heterocycles. The second-order valence-electron chi connectivity index (χ2n) is 27.4. The Morgan fingerprint density at radius 3 is 1.64 bits per heavy atom. The molecule has 0 N–H and O–H groups in total. The van der Waals surface area contributed by atoms with Crippen molar-refractivity contribution in [3.63, 3.8) is 0 Å². The number of pyridine rings is 1. The molecule has 0 radical (unpaired) electrons. The molecule has 5 heteroatoms. The number of benzene rings is 9. The van der Waals surface area contributed by atoms with Gasteiger partial charge in [0.2, 0.25) is 0 Å². The van der Waals surface area contributed by atoms with E-state index < -0.39 is 5.41 Å². The van der Waals surface area contributed by atoms with Crippen LogP contribution in [0.1, 0.15) is 153 Å². The number of ether oxygens (including phenoxy) is 1. The highest BCUT2D eigenvalue weighted by Crippen LogP contribution is 2.51. The highest BCUT2D eigenvalue weighted by Gasteiger charge is 2.34. The number of hydrogen-bond acceptors (Lipinski definition) is 4. The van der Waals surface area contributed by atoms with Crippen molar-refractivity contribution in [1.82, 2.24) is 9.55 Å². The first-order chi connectivity index (χ1) is 40.6. The summed E-state index contributed by atoms with van der Waals surface area (Å²) in [4.78, 5) is 10.2. The van der Waals surface area contributed by atoms with Crippen LogP contribution in [0.4, 0.5) is 22.7 Å². The Balaban J connectivity index is 1.07. The molecule has 9 aromatic carbocycles. The van der Waals surface area contributed by atoms with Crippen LogP contribution in [0.25, 0.3) is 49.9 Å². The molecule has 11 aromatic rings. The van der Waals surface area contributed by atoms with Crippen LogP contribution in [0.15, 0.2) is 219 Å². The summed E-state index contributed by atoms with van der Waals surface area (Å²) in [6.07, 6.45) is 1.96. The molecule has 5 nitrogen and oxygen atoms in total. The summed E-state index contributed by atoms with van der Waals surface area (Å²) >= 11 is 0. The first-order valence-electron chi connectivity index (χ1n) is 30.6. The van der Waals surface area contributed by atoms with Crippen LogP contribution >= 0.6 is 0 Å². The maximum absolute atomic E-state index is 7.52. The van der Waals surface area contributed by atoms with Crippen LogP contribution in [0, 0.1) is 0 Å². The minimum atomic E-state index is -0.412. The van der Waals surface area contributed by atoms with E-state index >= 15 is 0 Å². The molecular formula is C80H82N4O. The molecule has 2 aromatic heterocycles. The van der Waals surface area contributed by atoms with Gasteiger partial charge in [0.05, 0.1) is 22.4 Å². The summed E-state index contributed by atoms with van der Waals surface area (Å²) in [5.74, 6) is 3.11. The number of para-hydroxylation sites is 1. The van der Waals surface area contributed by atoms with Crippen LogP contribution in [0.2, 0.25) is 0 Å². The van der Waals surface area contributed by atoms with Crippen LogP contribution in [-0.4, -0.2) is 16.2 Å². The Labute approximate surface area is 505 Å². The topological polar surface area (TPSA) is 33.5 Å². The van der Waals surface area contributed by atoms with Crippen LogP contribution in [0.3, 0.4) is 0 Å². The predicted octanol–water partition coefficient (Wildman–Crippen LogP) is 22.0. The van der Waals surface area contributed by atoms with Crippen molar-refractivity contribution in [3.05, 3.63) is 263 Å². The quantitative estimate of drug-likeness (QED) is 0.115. The maximum atomic E-state index is 7.52. The second-order valence-corrected chi connectivity index (χ2v) is 27.4. The Hall–Kier alpha value is -8.67. The van der Waals surface area contributed by atoms with E-state index in [-0.39, 0.29) is 16.2 Å². The minimum absolute atomic E-state index is 0.0700. The molecule has 0 saturated carbocycles. The molecule has 0 spiro atoms. The number of hydrogen-bond donors (Lipinski definition) is 0. The fraction of sp³-hybridized carbons (Fsp3) is 0.263. The molecule has 85 heavy (non-hydrogen) atoms. The van der Waals surface area contributed by atoms with Crippen molar-refractivity contribution < 1.29 is 4.74 Å². The van der Waals surface area contributed by atoms with Gasteiger partial charge >= 0.3 is 0 Å². The first kappa shape index (κ1) is 56.8. The molecule has 3 heterocycles. The fourth-order valence-electron chi connectivity index (χ4n) is 12.9.